The summed E-state index contributed by atoms with van der Waals surface area (Å²) in [6, 6.07) is 0.274. The van der Waals surface area contributed by atoms with Crippen LogP contribution >= 0.6 is 23.5 Å². The first kappa shape index (κ1) is 13.8. The lowest BCUT2D eigenvalue weighted by Gasteiger charge is -2.27. The fourth-order valence-electron chi connectivity index (χ4n) is 2.71. The van der Waals surface area contributed by atoms with E-state index in [1.807, 2.05) is 11.8 Å². The Morgan fingerprint density at radius 3 is 3.00 bits per heavy atom. The highest BCUT2D eigenvalue weighted by Crippen LogP contribution is 2.43. The van der Waals surface area contributed by atoms with E-state index in [4.69, 9.17) is 4.52 Å². The number of hydrogen-bond acceptors (Lipinski definition) is 6. The second-order valence-corrected chi connectivity index (χ2v) is 7.70. The molecule has 6 heteroatoms. The van der Waals surface area contributed by atoms with Crippen LogP contribution in [-0.4, -0.2) is 33.4 Å². The molecule has 0 radical (unpaired) electrons. The molecular weight excluding hydrogens is 278 g/mol. The smallest absolute Gasteiger partial charge is 0.243 e. The summed E-state index contributed by atoms with van der Waals surface area (Å²) in [4.78, 5) is 4.68. The summed E-state index contributed by atoms with van der Waals surface area (Å²) in [5.74, 6) is 4.14. The number of thioether (sulfide) groups is 2. The van der Waals surface area contributed by atoms with E-state index in [1.54, 1.807) is 0 Å². The van der Waals surface area contributed by atoms with Gasteiger partial charge >= 0.3 is 0 Å². The van der Waals surface area contributed by atoms with Crippen molar-refractivity contribution in [2.24, 2.45) is 0 Å². The summed E-state index contributed by atoms with van der Waals surface area (Å²) < 4.78 is 5.50. The van der Waals surface area contributed by atoms with E-state index in [-0.39, 0.29) is 6.04 Å². The summed E-state index contributed by atoms with van der Waals surface area (Å²) in [7, 11) is 0. The number of aromatic nitrogens is 2. The summed E-state index contributed by atoms with van der Waals surface area (Å²) >= 11 is 4.04. The van der Waals surface area contributed by atoms with Gasteiger partial charge in [0.1, 0.15) is 0 Å². The molecule has 2 aliphatic heterocycles. The molecule has 106 valence electrons. The van der Waals surface area contributed by atoms with Crippen LogP contribution in [0, 0.1) is 0 Å². The molecule has 1 aromatic heterocycles. The molecule has 0 bridgehead atoms. The van der Waals surface area contributed by atoms with Crippen LogP contribution in [0.1, 0.15) is 55.6 Å². The van der Waals surface area contributed by atoms with Crippen LogP contribution in [-0.2, 0) is 0 Å². The molecule has 3 rings (SSSR count). The summed E-state index contributed by atoms with van der Waals surface area (Å²) in [6.45, 7) is 3.31. The van der Waals surface area contributed by atoms with Gasteiger partial charge in [-0.25, -0.2) is 0 Å². The van der Waals surface area contributed by atoms with E-state index in [9.17, 15) is 0 Å². The molecule has 3 heterocycles. The molecule has 19 heavy (non-hydrogen) atoms. The van der Waals surface area contributed by atoms with Crippen molar-refractivity contribution in [1.29, 1.82) is 0 Å². The van der Waals surface area contributed by atoms with Crippen molar-refractivity contribution in [3.63, 3.8) is 0 Å². The second-order valence-electron chi connectivity index (χ2n) is 5.10. The van der Waals surface area contributed by atoms with Gasteiger partial charge in [-0.15, -0.1) is 11.8 Å². The Bertz CT molecular complexity index is 406. The van der Waals surface area contributed by atoms with E-state index in [2.05, 4.69) is 34.1 Å². The molecule has 2 fully saturated rings. The van der Waals surface area contributed by atoms with Gasteiger partial charge in [-0.2, -0.15) is 16.7 Å². The van der Waals surface area contributed by atoms with Crippen molar-refractivity contribution in [1.82, 2.24) is 15.5 Å². The van der Waals surface area contributed by atoms with Gasteiger partial charge in [0.25, 0.3) is 0 Å². The van der Waals surface area contributed by atoms with Gasteiger partial charge in [0.15, 0.2) is 5.82 Å². The molecule has 2 saturated heterocycles. The van der Waals surface area contributed by atoms with Crippen LogP contribution in [0.3, 0.4) is 0 Å². The largest absolute Gasteiger partial charge is 0.338 e. The van der Waals surface area contributed by atoms with Crippen LogP contribution in [0.15, 0.2) is 4.52 Å². The molecule has 0 amide bonds. The third-order valence-corrected chi connectivity index (χ3v) is 7.02. The second kappa shape index (κ2) is 6.50. The Labute approximate surface area is 122 Å². The van der Waals surface area contributed by atoms with Gasteiger partial charge in [-0.1, -0.05) is 18.5 Å². The van der Waals surface area contributed by atoms with E-state index in [0.717, 1.165) is 24.7 Å². The highest BCUT2D eigenvalue weighted by Gasteiger charge is 2.31. The third kappa shape index (κ3) is 3.11. The van der Waals surface area contributed by atoms with Crippen molar-refractivity contribution in [3.8, 4) is 0 Å². The Morgan fingerprint density at radius 2 is 2.21 bits per heavy atom. The molecule has 1 aromatic rings. The lowest BCUT2D eigenvalue weighted by Crippen LogP contribution is -2.27. The Morgan fingerprint density at radius 1 is 1.32 bits per heavy atom. The van der Waals surface area contributed by atoms with Crippen molar-refractivity contribution in [3.05, 3.63) is 11.7 Å². The minimum Gasteiger partial charge on any atom is -0.338 e. The standard InChI is InChI=1S/C13H21N3OS2/c1-2-10-11(19-8-7-18-10)12-15-13(17-16-12)9-5-3-4-6-14-9/h9-11,14H,2-8H2,1H3. The zero-order valence-corrected chi connectivity index (χ0v) is 12.9. The maximum absolute atomic E-state index is 5.50. The average molecular weight is 299 g/mol. The number of nitrogens with one attached hydrogen (secondary N) is 1. The van der Waals surface area contributed by atoms with E-state index >= 15 is 0 Å². The fourth-order valence-corrected chi connectivity index (χ4v) is 5.69. The molecule has 0 aromatic carbocycles. The van der Waals surface area contributed by atoms with Crippen LogP contribution in [0.5, 0.6) is 0 Å². The summed E-state index contributed by atoms with van der Waals surface area (Å²) in [5, 5.41) is 8.76. The molecule has 2 aliphatic rings. The van der Waals surface area contributed by atoms with Gasteiger partial charge in [0, 0.05) is 16.8 Å². The minimum atomic E-state index is 0.274. The zero-order valence-electron chi connectivity index (χ0n) is 11.3. The summed E-state index contributed by atoms with van der Waals surface area (Å²) in [5.41, 5.74) is 0. The number of piperidine rings is 1. The number of nitrogens with zero attached hydrogens (tertiary/aromatic N) is 2. The first-order valence-corrected chi connectivity index (χ1v) is 9.28. The number of rotatable bonds is 3. The lowest BCUT2D eigenvalue weighted by molar-refractivity contribution is 0.296. The Balaban J connectivity index is 1.72. The van der Waals surface area contributed by atoms with Crippen molar-refractivity contribution >= 4 is 23.5 Å². The van der Waals surface area contributed by atoms with E-state index in [0.29, 0.717) is 10.5 Å². The van der Waals surface area contributed by atoms with Crippen LogP contribution in [0.25, 0.3) is 0 Å². The zero-order chi connectivity index (χ0) is 13.1. The third-order valence-electron chi connectivity index (χ3n) is 3.77. The van der Waals surface area contributed by atoms with Crippen molar-refractivity contribution < 1.29 is 4.52 Å². The monoisotopic (exact) mass is 299 g/mol. The average Bonchev–Trinajstić information content (AvgIpc) is 2.98. The molecule has 3 atom stereocenters. The molecular formula is C13H21N3OS2. The normalized spacial score (nSPS) is 32.4. The van der Waals surface area contributed by atoms with Gasteiger partial charge < -0.3 is 9.84 Å². The molecule has 0 saturated carbocycles. The Kier molecular flexibility index (Phi) is 4.71. The van der Waals surface area contributed by atoms with Gasteiger partial charge in [-0.3, -0.25) is 0 Å². The quantitative estimate of drug-likeness (QED) is 0.925. The lowest BCUT2D eigenvalue weighted by atomic mass is 10.1. The van der Waals surface area contributed by atoms with Gasteiger partial charge in [0.2, 0.25) is 5.89 Å². The highest BCUT2D eigenvalue weighted by molar-refractivity contribution is 8.06. The van der Waals surface area contributed by atoms with Crippen LogP contribution in [0.4, 0.5) is 0 Å². The van der Waals surface area contributed by atoms with Crippen LogP contribution < -0.4 is 5.32 Å². The van der Waals surface area contributed by atoms with Crippen molar-refractivity contribution in [2.45, 2.75) is 49.1 Å². The predicted octanol–water partition coefficient (Wildman–Crippen LogP) is 3.18. The summed E-state index contributed by atoms with van der Waals surface area (Å²) in [6.07, 6.45) is 4.80. The predicted molar refractivity (Wildman–Crippen MR) is 80.6 cm³/mol. The molecule has 0 aliphatic carbocycles. The van der Waals surface area contributed by atoms with Gasteiger partial charge in [-0.05, 0) is 25.8 Å². The first-order valence-electron chi connectivity index (χ1n) is 7.18. The first-order chi connectivity index (χ1) is 9.38. The maximum Gasteiger partial charge on any atom is 0.243 e. The molecule has 1 N–H and O–H groups in total. The molecule has 3 unspecified atom stereocenters. The molecule has 0 spiro atoms. The Hall–Kier alpha value is -0.200. The SMILES string of the molecule is CCC1SCCSC1c1noc(C2CCCCN2)n1. The van der Waals surface area contributed by atoms with Crippen LogP contribution in [0.2, 0.25) is 0 Å². The topological polar surface area (TPSA) is 51.0 Å². The van der Waals surface area contributed by atoms with Gasteiger partial charge in [0.05, 0.1) is 11.3 Å². The van der Waals surface area contributed by atoms with E-state index in [1.165, 1.54) is 30.8 Å². The maximum atomic E-state index is 5.50. The van der Waals surface area contributed by atoms with E-state index < -0.39 is 0 Å². The minimum absolute atomic E-state index is 0.274. The fraction of sp³-hybridized carbons (Fsp3) is 0.846. The van der Waals surface area contributed by atoms with Crippen molar-refractivity contribution in [2.75, 3.05) is 18.1 Å². The molecule has 4 nitrogen and oxygen atoms in total. The highest BCUT2D eigenvalue weighted by atomic mass is 32.2. The number of hydrogen-bond donors (Lipinski definition) is 1.